The number of esters is 1. The highest BCUT2D eigenvalue weighted by molar-refractivity contribution is 7.89. The second kappa shape index (κ2) is 5.46. The summed E-state index contributed by atoms with van der Waals surface area (Å²) in [7, 11) is -2.84. The lowest BCUT2D eigenvalue weighted by atomic mass is 10.4. The van der Waals surface area contributed by atoms with E-state index in [-0.39, 0.29) is 9.77 Å². The number of primary amides is 1. The number of thiophene rings is 1. The van der Waals surface area contributed by atoms with E-state index in [1.807, 2.05) is 0 Å². The zero-order valence-electron chi connectivity index (χ0n) is 9.67. The molecule has 7 nitrogen and oxygen atoms in total. The molecule has 1 rings (SSSR count). The molecule has 0 saturated carbocycles. The molecule has 0 spiro atoms. The van der Waals surface area contributed by atoms with Crippen molar-refractivity contribution in [3.8, 4) is 0 Å². The van der Waals surface area contributed by atoms with E-state index in [1.54, 1.807) is 0 Å². The Bertz CT molecular complexity index is 563. The summed E-state index contributed by atoms with van der Waals surface area (Å²) in [5.41, 5.74) is 4.97. The summed E-state index contributed by atoms with van der Waals surface area (Å²) in [6.07, 6.45) is 0. The lowest BCUT2D eigenvalue weighted by Gasteiger charge is -2.10. The van der Waals surface area contributed by atoms with Gasteiger partial charge in [-0.3, -0.25) is 4.79 Å². The van der Waals surface area contributed by atoms with Crippen LogP contribution in [0.2, 0.25) is 0 Å². The van der Waals surface area contributed by atoms with Crippen LogP contribution in [-0.4, -0.2) is 33.4 Å². The first-order valence-corrected chi connectivity index (χ1v) is 7.13. The largest absolute Gasteiger partial charge is 0.465 e. The van der Waals surface area contributed by atoms with Gasteiger partial charge in [-0.2, -0.15) is 4.72 Å². The SMILES string of the molecule is COC(=O)c1sccc1S(=O)(=O)N[C@H](C)C(N)=O. The van der Waals surface area contributed by atoms with Gasteiger partial charge in [0, 0.05) is 0 Å². The number of carbonyl (C=O) groups is 2. The Kier molecular flexibility index (Phi) is 4.43. The minimum absolute atomic E-state index is 0.0540. The van der Waals surface area contributed by atoms with Crippen LogP contribution in [0, 0.1) is 0 Å². The number of ether oxygens (including phenoxy) is 1. The molecule has 0 unspecified atom stereocenters. The zero-order chi connectivity index (χ0) is 13.9. The summed E-state index contributed by atoms with van der Waals surface area (Å²) >= 11 is 0.935. The fourth-order valence-corrected chi connectivity index (χ4v) is 3.65. The van der Waals surface area contributed by atoms with Gasteiger partial charge >= 0.3 is 5.97 Å². The summed E-state index contributed by atoms with van der Waals surface area (Å²) in [6.45, 7) is 1.31. The average Bonchev–Trinajstić information content (AvgIpc) is 2.76. The van der Waals surface area contributed by atoms with Crippen LogP contribution in [0.25, 0.3) is 0 Å². The molecule has 18 heavy (non-hydrogen) atoms. The summed E-state index contributed by atoms with van der Waals surface area (Å²) in [6, 6.07) is 0.188. The van der Waals surface area contributed by atoms with E-state index in [2.05, 4.69) is 9.46 Å². The van der Waals surface area contributed by atoms with Crippen molar-refractivity contribution >= 4 is 33.2 Å². The standard InChI is InChI=1S/C9H12N2O5S2/c1-5(8(10)12)11-18(14,15)6-3-4-17-7(6)9(13)16-2/h3-5,11H,1-2H3,(H2,10,12)/t5-/m1/s1. The van der Waals surface area contributed by atoms with Gasteiger partial charge in [-0.1, -0.05) is 0 Å². The van der Waals surface area contributed by atoms with Crippen molar-refractivity contribution in [2.75, 3.05) is 7.11 Å². The summed E-state index contributed by atoms with van der Waals surface area (Å²) in [4.78, 5) is 21.9. The molecule has 0 aliphatic rings. The first-order valence-electron chi connectivity index (χ1n) is 4.77. The molecule has 100 valence electrons. The molecule has 0 aliphatic heterocycles. The number of nitrogens with one attached hydrogen (secondary N) is 1. The van der Waals surface area contributed by atoms with E-state index >= 15 is 0 Å². The third kappa shape index (κ3) is 3.06. The smallest absolute Gasteiger partial charge is 0.349 e. The fraction of sp³-hybridized carbons (Fsp3) is 0.333. The van der Waals surface area contributed by atoms with Crippen LogP contribution in [0.4, 0.5) is 0 Å². The maximum absolute atomic E-state index is 11.9. The third-order valence-corrected chi connectivity index (χ3v) is 4.65. The average molecular weight is 292 g/mol. The van der Waals surface area contributed by atoms with Gasteiger partial charge in [-0.25, -0.2) is 13.2 Å². The maximum atomic E-state index is 11.9. The normalized spacial score (nSPS) is 13.0. The second-order valence-corrected chi connectivity index (χ2v) is 5.95. The van der Waals surface area contributed by atoms with Gasteiger partial charge < -0.3 is 10.5 Å². The van der Waals surface area contributed by atoms with E-state index in [1.165, 1.54) is 18.4 Å². The molecule has 0 aromatic carbocycles. The Labute approximate surface area is 108 Å². The Morgan fingerprint density at radius 1 is 1.50 bits per heavy atom. The molecule has 0 aliphatic carbocycles. The minimum atomic E-state index is -3.99. The van der Waals surface area contributed by atoms with E-state index in [0.717, 1.165) is 18.4 Å². The van der Waals surface area contributed by atoms with Crippen LogP contribution >= 0.6 is 11.3 Å². The van der Waals surface area contributed by atoms with Gasteiger partial charge in [0.15, 0.2) is 0 Å². The summed E-state index contributed by atoms with van der Waals surface area (Å²) in [5.74, 6) is -1.56. The van der Waals surface area contributed by atoms with Crippen molar-refractivity contribution in [2.24, 2.45) is 5.73 Å². The van der Waals surface area contributed by atoms with E-state index in [9.17, 15) is 18.0 Å². The highest BCUT2D eigenvalue weighted by Crippen LogP contribution is 2.22. The van der Waals surface area contributed by atoms with Crippen LogP contribution in [-0.2, 0) is 19.6 Å². The van der Waals surface area contributed by atoms with Crippen LogP contribution < -0.4 is 10.5 Å². The van der Waals surface area contributed by atoms with Gasteiger partial charge in [0.25, 0.3) is 0 Å². The topological polar surface area (TPSA) is 116 Å². The minimum Gasteiger partial charge on any atom is -0.465 e. The van der Waals surface area contributed by atoms with Crippen molar-refractivity contribution in [3.05, 3.63) is 16.3 Å². The fourth-order valence-electron chi connectivity index (χ4n) is 1.10. The Hall–Kier alpha value is -1.45. The lowest BCUT2D eigenvalue weighted by Crippen LogP contribution is -2.42. The van der Waals surface area contributed by atoms with Gasteiger partial charge in [-0.05, 0) is 18.4 Å². The van der Waals surface area contributed by atoms with Gasteiger partial charge in [0.2, 0.25) is 15.9 Å². The van der Waals surface area contributed by atoms with E-state index in [4.69, 9.17) is 5.73 Å². The van der Waals surface area contributed by atoms with Crippen LogP contribution in [0.15, 0.2) is 16.3 Å². The van der Waals surface area contributed by atoms with Gasteiger partial charge in [0.1, 0.15) is 9.77 Å². The molecule has 1 atom stereocenters. The summed E-state index contributed by atoms with van der Waals surface area (Å²) in [5, 5.41) is 1.44. The number of methoxy groups -OCH3 is 1. The molecular formula is C9H12N2O5S2. The third-order valence-electron chi connectivity index (χ3n) is 2.05. The number of hydrogen-bond donors (Lipinski definition) is 2. The summed E-state index contributed by atoms with van der Waals surface area (Å²) < 4.78 is 30.4. The Balaban J connectivity index is 3.10. The monoisotopic (exact) mass is 292 g/mol. The maximum Gasteiger partial charge on any atom is 0.349 e. The zero-order valence-corrected chi connectivity index (χ0v) is 11.3. The first-order chi connectivity index (χ1) is 8.29. The van der Waals surface area contributed by atoms with Gasteiger partial charge in [-0.15, -0.1) is 11.3 Å². The highest BCUT2D eigenvalue weighted by atomic mass is 32.2. The number of carbonyl (C=O) groups excluding carboxylic acids is 2. The quantitative estimate of drug-likeness (QED) is 0.722. The van der Waals surface area contributed by atoms with Crippen molar-refractivity contribution in [1.29, 1.82) is 0 Å². The van der Waals surface area contributed by atoms with Crippen LogP contribution in [0.5, 0.6) is 0 Å². The van der Waals surface area contributed by atoms with Crippen molar-refractivity contribution in [2.45, 2.75) is 17.9 Å². The second-order valence-electron chi connectivity index (χ2n) is 3.35. The highest BCUT2D eigenvalue weighted by Gasteiger charge is 2.27. The van der Waals surface area contributed by atoms with Gasteiger partial charge in [0.05, 0.1) is 13.2 Å². The molecule has 0 bridgehead atoms. The first kappa shape index (κ1) is 14.6. The molecule has 3 N–H and O–H groups in total. The number of amides is 1. The molecule has 1 aromatic rings. The van der Waals surface area contributed by atoms with Crippen LogP contribution in [0.1, 0.15) is 16.6 Å². The molecular weight excluding hydrogens is 280 g/mol. The molecule has 0 fully saturated rings. The molecule has 1 amide bonds. The van der Waals surface area contributed by atoms with E-state index < -0.39 is 27.9 Å². The predicted octanol–water partition coefficient (Wildman–Crippen LogP) is -0.313. The van der Waals surface area contributed by atoms with Crippen molar-refractivity contribution in [1.82, 2.24) is 4.72 Å². The van der Waals surface area contributed by atoms with Crippen molar-refractivity contribution < 1.29 is 22.7 Å². The predicted molar refractivity (Wildman–Crippen MR) is 64.6 cm³/mol. The Morgan fingerprint density at radius 3 is 2.61 bits per heavy atom. The van der Waals surface area contributed by atoms with Crippen molar-refractivity contribution in [3.63, 3.8) is 0 Å². The van der Waals surface area contributed by atoms with Crippen LogP contribution in [0.3, 0.4) is 0 Å². The molecule has 1 heterocycles. The Morgan fingerprint density at radius 2 is 2.11 bits per heavy atom. The number of nitrogens with two attached hydrogens (primary N) is 1. The molecule has 9 heteroatoms. The molecule has 1 aromatic heterocycles. The number of sulfonamides is 1. The number of hydrogen-bond acceptors (Lipinski definition) is 6. The molecule has 0 radical (unpaired) electrons. The molecule has 0 saturated heterocycles. The lowest BCUT2D eigenvalue weighted by molar-refractivity contribution is -0.119. The number of rotatable bonds is 5. The van der Waals surface area contributed by atoms with E-state index in [0.29, 0.717) is 0 Å².